The summed E-state index contributed by atoms with van der Waals surface area (Å²) in [5.74, 6) is -0.465. The number of carbonyl (C=O) groups excluding carboxylic acids is 1. The molecule has 24 heavy (non-hydrogen) atoms. The minimum absolute atomic E-state index is 0.104. The molecule has 2 fully saturated rings. The van der Waals surface area contributed by atoms with Crippen molar-refractivity contribution in [3.63, 3.8) is 0 Å². The predicted octanol–water partition coefficient (Wildman–Crippen LogP) is 2.53. The molecule has 2 amide bonds. The summed E-state index contributed by atoms with van der Waals surface area (Å²) in [5, 5.41) is 14.6. The van der Waals surface area contributed by atoms with Gasteiger partial charge in [0.25, 0.3) is 0 Å². The van der Waals surface area contributed by atoms with Crippen molar-refractivity contribution in [1.82, 2.24) is 10.6 Å². The molecule has 1 saturated carbocycles. The molecule has 6 heteroatoms. The molecule has 1 aliphatic carbocycles. The Morgan fingerprint density at radius 2 is 1.96 bits per heavy atom. The molecule has 1 saturated heterocycles. The van der Waals surface area contributed by atoms with Crippen LogP contribution in [-0.2, 0) is 11.3 Å². The van der Waals surface area contributed by atoms with Crippen molar-refractivity contribution in [1.29, 1.82) is 0 Å². The zero-order chi connectivity index (χ0) is 17.0. The molecular weight excluding hydrogens is 308 g/mol. The molecular formula is C18H24N2O4. The molecule has 1 aromatic rings. The molecule has 1 heterocycles. The maximum absolute atomic E-state index is 11.9. The summed E-state index contributed by atoms with van der Waals surface area (Å²) in [7, 11) is 0. The van der Waals surface area contributed by atoms with E-state index in [0.29, 0.717) is 19.0 Å². The van der Waals surface area contributed by atoms with Crippen molar-refractivity contribution in [3.05, 3.63) is 35.4 Å². The predicted molar refractivity (Wildman–Crippen MR) is 88.9 cm³/mol. The van der Waals surface area contributed by atoms with Gasteiger partial charge in [0.05, 0.1) is 11.2 Å². The highest BCUT2D eigenvalue weighted by atomic mass is 16.5. The summed E-state index contributed by atoms with van der Waals surface area (Å²) in [6, 6.07) is 6.31. The Labute approximate surface area is 141 Å². The third-order valence-corrected chi connectivity index (χ3v) is 5.07. The number of nitrogens with one attached hydrogen (secondary N) is 2. The van der Waals surface area contributed by atoms with Gasteiger partial charge in [0.1, 0.15) is 0 Å². The summed E-state index contributed by atoms with van der Waals surface area (Å²) < 4.78 is 5.90. The van der Waals surface area contributed by atoms with Gasteiger partial charge in [-0.1, -0.05) is 12.1 Å². The second-order valence-electron chi connectivity index (χ2n) is 6.81. The fourth-order valence-corrected chi connectivity index (χ4v) is 3.47. The largest absolute Gasteiger partial charge is 0.478 e. The molecule has 6 nitrogen and oxygen atoms in total. The normalized spacial score (nSPS) is 21.8. The van der Waals surface area contributed by atoms with Gasteiger partial charge in [0.15, 0.2) is 0 Å². The van der Waals surface area contributed by atoms with Crippen molar-refractivity contribution in [2.45, 2.75) is 44.2 Å². The number of carboxylic acids is 1. The lowest BCUT2D eigenvalue weighted by molar-refractivity contribution is -0.142. The zero-order valence-corrected chi connectivity index (χ0v) is 13.7. The van der Waals surface area contributed by atoms with Crippen LogP contribution in [0.3, 0.4) is 0 Å². The SMILES string of the molecule is O=C(NCc1ccc(C(=O)O)cc1)NCC1CCOC2(CCC2)C1. The van der Waals surface area contributed by atoms with Crippen LogP contribution < -0.4 is 10.6 Å². The topological polar surface area (TPSA) is 87.7 Å². The van der Waals surface area contributed by atoms with Crippen molar-refractivity contribution in [2.75, 3.05) is 13.2 Å². The number of hydrogen-bond acceptors (Lipinski definition) is 3. The second kappa shape index (κ2) is 7.21. The molecule has 130 valence electrons. The van der Waals surface area contributed by atoms with Gasteiger partial charge in [-0.2, -0.15) is 0 Å². The van der Waals surface area contributed by atoms with Gasteiger partial charge in [0, 0.05) is 19.7 Å². The van der Waals surface area contributed by atoms with E-state index in [2.05, 4.69) is 10.6 Å². The number of hydrogen-bond donors (Lipinski definition) is 3. The van der Waals surface area contributed by atoms with E-state index in [9.17, 15) is 9.59 Å². The van der Waals surface area contributed by atoms with Crippen LogP contribution in [0.5, 0.6) is 0 Å². The summed E-state index contributed by atoms with van der Waals surface area (Å²) in [6.07, 6.45) is 5.61. The van der Waals surface area contributed by atoms with Crippen molar-refractivity contribution in [2.24, 2.45) is 5.92 Å². The molecule has 1 aromatic carbocycles. The van der Waals surface area contributed by atoms with E-state index in [0.717, 1.165) is 37.9 Å². The summed E-state index contributed by atoms with van der Waals surface area (Å²) in [4.78, 5) is 22.7. The number of amides is 2. The lowest BCUT2D eigenvalue weighted by Gasteiger charge is -2.47. The average molecular weight is 332 g/mol. The second-order valence-corrected chi connectivity index (χ2v) is 6.81. The Hall–Kier alpha value is -2.08. The number of benzene rings is 1. The molecule has 1 aliphatic heterocycles. The highest BCUT2D eigenvalue weighted by Gasteiger charge is 2.42. The van der Waals surface area contributed by atoms with E-state index in [1.165, 1.54) is 18.6 Å². The van der Waals surface area contributed by atoms with Crippen molar-refractivity contribution >= 4 is 12.0 Å². The Balaban J connectivity index is 1.38. The maximum Gasteiger partial charge on any atom is 0.335 e. The zero-order valence-electron chi connectivity index (χ0n) is 13.7. The van der Waals surface area contributed by atoms with Crippen LogP contribution in [0.4, 0.5) is 4.79 Å². The van der Waals surface area contributed by atoms with E-state index in [1.54, 1.807) is 12.1 Å². The van der Waals surface area contributed by atoms with Crippen LogP contribution in [0.2, 0.25) is 0 Å². The van der Waals surface area contributed by atoms with Crippen LogP contribution in [-0.4, -0.2) is 35.9 Å². The van der Waals surface area contributed by atoms with E-state index in [-0.39, 0.29) is 17.2 Å². The number of carboxylic acid groups (broad SMARTS) is 1. The summed E-state index contributed by atoms with van der Waals surface area (Å²) in [6.45, 7) is 1.85. The molecule has 3 N–H and O–H groups in total. The molecule has 2 aliphatic rings. The Bertz CT molecular complexity index is 596. The Kier molecular flexibility index (Phi) is 5.04. The lowest BCUT2D eigenvalue weighted by atomic mass is 9.72. The first-order chi connectivity index (χ1) is 11.6. The molecule has 1 atom stereocenters. The lowest BCUT2D eigenvalue weighted by Crippen LogP contribution is -2.48. The highest BCUT2D eigenvalue weighted by molar-refractivity contribution is 5.87. The quantitative estimate of drug-likeness (QED) is 0.773. The van der Waals surface area contributed by atoms with Gasteiger partial charge in [-0.05, 0) is 55.7 Å². The van der Waals surface area contributed by atoms with Crippen LogP contribution >= 0.6 is 0 Å². The van der Waals surface area contributed by atoms with Gasteiger partial charge in [-0.25, -0.2) is 9.59 Å². The summed E-state index contributed by atoms with van der Waals surface area (Å²) in [5.41, 5.74) is 1.22. The third kappa shape index (κ3) is 4.06. The smallest absolute Gasteiger partial charge is 0.335 e. The molecule has 0 aromatic heterocycles. The van der Waals surface area contributed by atoms with Gasteiger partial charge >= 0.3 is 12.0 Å². The monoisotopic (exact) mass is 332 g/mol. The van der Waals surface area contributed by atoms with Crippen LogP contribution in [0, 0.1) is 5.92 Å². The molecule has 0 bridgehead atoms. The van der Waals surface area contributed by atoms with E-state index < -0.39 is 5.97 Å². The molecule has 3 rings (SSSR count). The number of ether oxygens (including phenoxy) is 1. The van der Waals surface area contributed by atoms with Crippen LogP contribution in [0.1, 0.15) is 48.0 Å². The number of urea groups is 1. The Morgan fingerprint density at radius 1 is 1.21 bits per heavy atom. The summed E-state index contributed by atoms with van der Waals surface area (Å²) >= 11 is 0. The first-order valence-electron chi connectivity index (χ1n) is 8.54. The molecule has 1 unspecified atom stereocenters. The number of rotatable bonds is 5. The highest BCUT2D eigenvalue weighted by Crippen LogP contribution is 2.43. The first kappa shape index (κ1) is 16.8. The van der Waals surface area contributed by atoms with Gasteiger partial charge < -0.3 is 20.5 Å². The first-order valence-corrected chi connectivity index (χ1v) is 8.54. The average Bonchev–Trinajstić information content (AvgIpc) is 2.57. The van der Waals surface area contributed by atoms with Crippen molar-refractivity contribution < 1.29 is 19.4 Å². The minimum atomic E-state index is -0.951. The van der Waals surface area contributed by atoms with Crippen molar-refractivity contribution in [3.8, 4) is 0 Å². The van der Waals surface area contributed by atoms with Crippen LogP contribution in [0.15, 0.2) is 24.3 Å². The maximum atomic E-state index is 11.9. The fourth-order valence-electron chi connectivity index (χ4n) is 3.47. The van der Waals surface area contributed by atoms with E-state index >= 15 is 0 Å². The standard InChI is InChI=1S/C18H24N2O4/c21-16(22)15-4-2-13(3-5-15)11-19-17(23)20-12-14-6-9-24-18(10-14)7-1-8-18/h2-5,14H,1,6-12H2,(H,21,22)(H2,19,20,23). The number of aromatic carboxylic acids is 1. The third-order valence-electron chi connectivity index (χ3n) is 5.07. The fraction of sp³-hybridized carbons (Fsp3) is 0.556. The molecule has 1 spiro atoms. The van der Waals surface area contributed by atoms with E-state index in [4.69, 9.17) is 9.84 Å². The van der Waals surface area contributed by atoms with Gasteiger partial charge in [-0.15, -0.1) is 0 Å². The van der Waals surface area contributed by atoms with Crippen LogP contribution in [0.25, 0.3) is 0 Å². The molecule has 0 radical (unpaired) electrons. The van der Waals surface area contributed by atoms with Gasteiger partial charge in [-0.3, -0.25) is 0 Å². The number of carbonyl (C=O) groups is 2. The minimum Gasteiger partial charge on any atom is -0.478 e. The Morgan fingerprint density at radius 3 is 2.58 bits per heavy atom. The van der Waals surface area contributed by atoms with Gasteiger partial charge in [0.2, 0.25) is 0 Å². The van der Waals surface area contributed by atoms with E-state index in [1.807, 2.05) is 0 Å².